The van der Waals surface area contributed by atoms with Crippen LogP contribution in [0.15, 0.2) is 18.2 Å². The Morgan fingerprint density at radius 1 is 0.407 bits per heavy atom. The molecule has 1 rings (SSSR count). The van der Waals surface area contributed by atoms with Crippen LogP contribution in [0.25, 0.3) is 0 Å². The molecule has 0 aliphatic carbocycles. The fourth-order valence-electron chi connectivity index (χ4n) is 4.71. The minimum atomic E-state index is -1.34. The third kappa shape index (κ3) is 16.9. The van der Waals surface area contributed by atoms with Gasteiger partial charge in [0.1, 0.15) is 18.1 Å². The van der Waals surface area contributed by atoms with Gasteiger partial charge in [-0.15, -0.1) is 0 Å². The van der Waals surface area contributed by atoms with Gasteiger partial charge in [0, 0.05) is 36.0 Å². The van der Waals surface area contributed by atoms with Crippen molar-refractivity contribution in [1.29, 1.82) is 0 Å². The van der Waals surface area contributed by atoms with Gasteiger partial charge in [0.05, 0.1) is 39.6 Å². The van der Waals surface area contributed by atoms with Gasteiger partial charge in [-0.2, -0.15) is 0 Å². The number of ether oxygens (including phenoxy) is 6. The molecular weight excluding hydrogens is 714 g/mol. The molecule has 3 N–H and O–H groups in total. The zero-order valence-corrected chi connectivity index (χ0v) is 31.6. The standard InChI is InChI=1S/C36H51N3O15/c1-7-49-28(40)16-13-25(34(46)52-10-4)37-31(43)22-19-23(32(44)38-26(35(47)53-11-5)14-17-29(41)50-8-2)21-24(20-22)33(45)39-27(36(48)54-12-6)15-18-30(42)51-9-3/h19-21,25-27H,7-18H2,1-6H3,(H,37,43)(H,38,44)(H,39,45). The second-order valence-electron chi connectivity index (χ2n) is 11.2. The lowest BCUT2D eigenvalue weighted by Gasteiger charge is -2.20. The van der Waals surface area contributed by atoms with Crippen LogP contribution in [0.5, 0.6) is 0 Å². The van der Waals surface area contributed by atoms with Crippen LogP contribution in [0.3, 0.4) is 0 Å². The van der Waals surface area contributed by atoms with Gasteiger partial charge in [-0.3, -0.25) is 28.8 Å². The molecule has 18 nitrogen and oxygen atoms in total. The summed E-state index contributed by atoms with van der Waals surface area (Å²) in [5.74, 6) is -7.36. The maximum Gasteiger partial charge on any atom is 0.328 e. The Kier molecular flexibility index (Phi) is 21.9. The number of amides is 3. The summed E-state index contributed by atoms with van der Waals surface area (Å²) >= 11 is 0. The number of esters is 6. The summed E-state index contributed by atoms with van der Waals surface area (Å²) in [4.78, 5) is 115. The molecule has 3 amide bonds. The topological polar surface area (TPSA) is 245 Å². The van der Waals surface area contributed by atoms with Gasteiger partial charge in [-0.1, -0.05) is 0 Å². The Bertz CT molecular complexity index is 1300. The zero-order valence-electron chi connectivity index (χ0n) is 31.6. The third-order valence-corrected chi connectivity index (χ3v) is 7.18. The van der Waals surface area contributed by atoms with Gasteiger partial charge in [0.15, 0.2) is 0 Å². The molecule has 0 saturated heterocycles. The molecule has 0 saturated carbocycles. The normalized spacial score (nSPS) is 12.1. The zero-order chi connectivity index (χ0) is 40.6. The first-order chi connectivity index (χ1) is 25.7. The quantitative estimate of drug-likeness (QED) is 0.100. The summed E-state index contributed by atoms with van der Waals surface area (Å²) < 4.78 is 29.9. The van der Waals surface area contributed by atoms with Crippen LogP contribution in [0.2, 0.25) is 0 Å². The van der Waals surface area contributed by atoms with Crippen LogP contribution in [0, 0.1) is 0 Å². The third-order valence-electron chi connectivity index (χ3n) is 7.18. The van der Waals surface area contributed by atoms with Crippen molar-refractivity contribution in [2.75, 3.05) is 39.6 Å². The highest BCUT2D eigenvalue weighted by Crippen LogP contribution is 2.15. The second kappa shape index (κ2) is 25.4. The van der Waals surface area contributed by atoms with Gasteiger partial charge in [-0.25, -0.2) is 14.4 Å². The largest absolute Gasteiger partial charge is 0.466 e. The molecule has 54 heavy (non-hydrogen) atoms. The van der Waals surface area contributed by atoms with Crippen molar-refractivity contribution in [3.8, 4) is 0 Å². The molecule has 0 aliphatic rings. The number of rotatable bonds is 24. The molecule has 0 aliphatic heterocycles. The minimum absolute atomic E-state index is 0.0415. The van der Waals surface area contributed by atoms with Gasteiger partial charge >= 0.3 is 35.8 Å². The van der Waals surface area contributed by atoms with Crippen molar-refractivity contribution in [2.24, 2.45) is 0 Å². The van der Waals surface area contributed by atoms with Crippen molar-refractivity contribution in [2.45, 2.75) is 98.2 Å². The van der Waals surface area contributed by atoms with Crippen LogP contribution >= 0.6 is 0 Å². The molecule has 1 aromatic carbocycles. The van der Waals surface area contributed by atoms with E-state index in [2.05, 4.69) is 16.0 Å². The Labute approximate surface area is 313 Å². The van der Waals surface area contributed by atoms with E-state index in [1.54, 1.807) is 41.5 Å². The number of hydrogen-bond donors (Lipinski definition) is 3. The van der Waals surface area contributed by atoms with E-state index in [1.807, 2.05) is 0 Å². The van der Waals surface area contributed by atoms with Crippen LogP contribution < -0.4 is 16.0 Å². The number of carbonyl (C=O) groups is 9. The maximum atomic E-state index is 13.6. The van der Waals surface area contributed by atoms with Crippen LogP contribution in [-0.2, 0) is 57.2 Å². The van der Waals surface area contributed by atoms with Gasteiger partial charge in [0.25, 0.3) is 17.7 Å². The lowest BCUT2D eigenvalue weighted by Crippen LogP contribution is -2.44. The SMILES string of the molecule is CCOC(=O)CCC(NC(=O)c1cc(C(=O)NC(CCC(=O)OCC)C(=O)OCC)cc(C(=O)NC(CCC(=O)OCC)C(=O)OCC)c1)C(=O)OCC. The molecule has 0 spiro atoms. The van der Waals surface area contributed by atoms with E-state index < -0.39 is 71.7 Å². The Morgan fingerprint density at radius 3 is 0.833 bits per heavy atom. The maximum absolute atomic E-state index is 13.6. The fraction of sp³-hybridized carbons (Fsp3) is 0.583. The summed E-state index contributed by atoms with van der Waals surface area (Å²) in [7, 11) is 0. The van der Waals surface area contributed by atoms with E-state index in [0.29, 0.717) is 0 Å². The predicted molar refractivity (Wildman–Crippen MR) is 188 cm³/mol. The van der Waals surface area contributed by atoms with Crippen molar-refractivity contribution in [3.63, 3.8) is 0 Å². The number of benzene rings is 1. The Morgan fingerprint density at radius 2 is 0.630 bits per heavy atom. The molecule has 0 heterocycles. The van der Waals surface area contributed by atoms with Crippen LogP contribution in [0.4, 0.5) is 0 Å². The van der Waals surface area contributed by atoms with Crippen LogP contribution in [-0.4, -0.2) is 111 Å². The lowest BCUT2D eigenvalue weighted by atomic mass is 10.0. The number of carbonyl (C=O) groups excluding carboxylic acids is 9. The van der Waals surface area contributed by atoms with Gasteiger partial charge in [-0.05, 0) is 79.0 Å². The first-order valence-corrected chi connectivity index (χ1v) is 17.8. The molecule has 3 unspecified atom stereocenters. The lowest BCUT2D eigenvalue weighted by molar-refractivity contribution is -0.148. The molecule has 0 radical (unpaired) electrons. The molecule has 300 valence electrons. The highest BCUT2D eigenvalue weighted by Gasteiger charge is 2.29. The number of nitrogens with one attached hydrogen (secondary N) is 3. The first-order valence-electron chi connectivity index (χ1n) is 17.8. The van der Waals surface area contributed by atoms with Crippen molar-refractivity contribution >= 4 is 53.5 Å². The summed E-state index contributed by atoms with van der Waals surface area (Å²) in [5, 5.41) is 7.36. The molecule has 0 fully saturated rings. The number of hydrogen-bond acceptors (Lipinski definition) is 15. The van der Waals surface area contributed by atoms with E-state index in [4.69, 9.17) is 28.4 Å². The summed E-state index contributed by atoms with van der Waals surface area (Å²) in [6.45, 7) is 9.59. The van der Waals surface area contributed by atoms with Gasteiger partial charge in [0.2, 0.25) is 0 Å². The minimum Gasteiger partial charge on any atom is -0.466 e. The highest BCUT2D eigenvalue weighted by molar-refractivity contribution is 6.06. The molecule has 0 aromatic heterocycles. The second-order valence-corrected chi connectivity index (χ2v) is 11.2. The molecule has 1 aromatic rings. The Hall–Kier alpha value is -5.55. The highest BCUT2D eigenvalue weighted by atomic mass is 16.6. The summed E-state index contributed by atoms with van der Waals surface area (Å²) in [6.07, 6.45) is -1.39. The predicted octanol–water partition coefficient (Wildman–Crippen LogP) is 1.70. The van der Waals surface area contributed by atoms with Crippen LogP contribution in [0.1, 0.15) is 111 Å². The monoisotopic (exact) mass is 765 g/mol. The molecule has 3 atom stereocenters. The Balaban J connectivity index is 3.65. The van der Waals surface area contributed by atoms with E-state index in [-0.39, 0.29) is 94.9 Å². The van der Waals surface area contributed by atoms with E-state index in [1.165, 1.54) is 0 Å². The first kappa shape index (κ1) is 46.5. The van der Waals surface area contributed by atoms with Crippen molar-refractivity contribution < 1.29 is 71.6 Å². The molecular formula is C36H51N3O15. The van der Waals surface area contributed by atoms with Gasteiger partial charge < -0.3 is 44.4 Å². The summed E-state index contributed by atoms with van der Waals surface area (Å²) in [5.41, 5.74) is -0.968. The fourth-order valence-corrected chi connectivity index (χ4v) is 4.71. The van der Waals surface area contributed by atoms with Crippen molar-refractivity contribution in [1.82, 2.24) is 16.0 Å². The molecule has 18 heteroatoms. The average Bonchev–Trinajstić information content (AvgIpc) is 3.13. The van der Waals surface area contributed by atoms with E-state index >= 15 is 0 Å². The van der Waals surface area contributed by atoms with Crippen molar-refractivity contribution in [3.05, 3.63) is 34.9 Å². The average molecular weight is 766 g/mol. The molecule has 0 bridgehead atoms. The smallest absolute Gasteiger partial charge is 0.328 e. The van der Waals surface area contributed by atoms with E-state index in [0.717, 1.165) is 18.2 Å². The van der Waals surface area contributed by atoms with E-state index in [9.17, 15) is 43.2 Å². The summed E-state index contributed by atoms with van der Waals surface area (Å²) in [6, 6.07) is -0.805.